The molecule has 41 heavy (non-hydrogen) atoms. The van der Waals surface area contributed by atoms with E-state index in [4.69, 9.17) is 42.4 Å². The predicted octanol–water partition coefficient (Wildman–Crippen LogP) is -2.68. The number of nitrogens with zero attached hydrogens (tertiary/aromatic N) is 2. The first kappa shape index (κ1) is 33.1. The molecule has 0 amide bonds. The second-order valence-corrected chi connectivity index (χ2v) is 14.9. The van der Waals surface area contributed by atoms with Gasteiger partial charge < -0.3 is 65.9 Å². The molecule has 7 unspecified atom stereocenters. The van der Waals surface area contributed by atoms with Crippen LogP contribution in [0.25, 0.3) is 10.2 Å². The van der Waals surface area contributed by atoms with Crippen LogP contribution in [0.15, 0.2) is 11.7 Å². The predicted molar refractivity (Wildman–Crippen MR) is 142 cm³/mol. The van der Waals surface area contributed by atoms with E-state index in [1.807, 2.05) is 0 Å². The first-order valence-electron chi connectivity index (χ1n) is 11.8. The maximum absolute atomic E-state index is 12.6. The summed E-state index contributed by atoms with van der Waals surface area (Å²) in [5.41, 5.74) is 11.8. The van der Waals surface area contributed by atoms with E-state index >= 15 is 0 Å². The molecule has 2 aliphatic heterocycles. The molecule has 2 aromatic heterocycles. The zero-order chi connectivity index (χ0) is 30.5. The van der Waals surface area contributed by atoms with Gasteiger partial charge in [-0.2, -0.15) is 0 Å². The van der Waals surface area contributed by atoms with Gasteiger partial charge in [0.05, 0.1) is 29.0 Å². The number of phosphoric acid groups is 1. The minimum Gasteiger partial charge on any atom is -0.394 e. The largest absolute Gasteiger partial charge is 0.481 e. The molecule has 18 nitrogen and oxygen atoms in total. The fourth-order valence-electron chi connectivity index (χ4n) is 4.42. The highest BCUT2D eigenvalue weighted by molar-refractivity contribution is 8.08. The van der Waals surface area contributed by atoms with Crippen LogP contribution in [0.4, 0.5) is 5.82 Å². The van der Waals surface area contributed by atoms with Crippen LogP contribution >= 0.6 is 25.9 Å². The highest BCUT2D eigenvalue weighted by Crippen LogP contribution is 2.62. The summed E-state index contributed by atoms with van der Waals surface area (Å²) in [6.45, 7) is -4.70. The van der Waals surface area contributed by atoms with E-state index in [-0.39, 0.29) is 5.82 Å². The van der Waals surface area contributed by atoms with Gasteiger partial charge in [-0.05, 0) is 24.1 Å². The zero-order valence-corrected chi connectivity index (χ0v) is 24.5. The van der Waals surface area contributed by atoms with Gasteiger partial charge in [0.25, 0.3) is 0 Å². The normalized spacial score (nSPS) is 38.0. The highest BCUT2D eigenvalue weighted by atomic mass is 32.5. The molecule has 232 valence electrons. The number of hydrogen-bond acceptors (Lipinski definition) is 18. The molecule has 0 aliphatic carbocycles. The smallest absolute Gasteiger partial charge is 0.394 e. The van der Waals surface area contributed by atoms with Crippen molar-refractivity contribution in [3.8, 4) is 0 Å². The van der Waals surface area contributed by atoms with E-state index in [9.17, 15) is 39.9 Å². The van der Waals surface area contributed by atoms with Gasteiger partial charge in [0.15, 0.2) is 6.29 Å². The summed E-state index contributed by atoms with van der Waals surface area (Å²) < 4.78 is 38.4. The van der Waals surface area contributed by atoms with Gasteiger partial charge in [-0.1, -0.05) is 0 Å². The lowest BCUT2D eigenvalue weighted by molar-refractivity contribution is -0.292. The lowest BCUT2D eigenvalue weighted by Crippen LogP contribution is -2.61. The molecule has 0 bridgehead atoms. The lowest BCUT2D eigenvalue weighted by Gasteiger charge is -2.41. The molecule has 4 rings (SSSR count). The number of ether oxygens (including phenoxy) is 2. The van der Waals surface area contributed by atoms with Crippen molar-refractivity contribution in [3.05, 3.63) is 17.3 Å². The van der Waals surface area contributed by atoms with Crippen LogP contribution in [-0.2, 0) is 39.2 Å². The summed E-state index contributed by atoms with van der Waals surface area (Å²) in [6, 6.07) is 0. The Kier molecular flexibility index (Phi) is 9.90. The monoisotopic (exact) mass is 664 g/mol. The molecule has 0 spiro atoms. The van der Waals surface area contributed by atoms with Crippen molar-refractivity contribution in [2.45, 2.75) is 67.6 Å². The fourth-order valence-corrected chi connectivity index (χ4v) is 8.45. The third kappa shape index (κ3) is 6.80. The number of aromatic nitrogens is 2. The van der Waals surface area contributed by atoms with Gasteiger partial charge in [0.2, 0.25) is 0 Å². The number of aliphatic hydroxyl groups excluding tert-OH is 6. The number of fused-ring (bicyclic) bond motifs is 1. The number of aliphatic hydroxyl groups is 6. The molecule has 2 aromatic rings. The summed E-state index contributed by atoms with van der Waals surface area (Å²) in [6.07, 6.45) is -14.0. The quantitative estimate of drug-likeness (QED) is 0.116. The van der Waals surface area contributed by atoms with Crippen LogP contribution in [0.5, 0.6) is 0 Å². The first-order valence-corrected chi connectivity index (χ1v) is 16.7. The Balaban J connectivity index is 1.41. The summed E-state index contributed by atoms with van der Waals surface area (Å²) in [4.78, 5) is 28.7. The Bertz CT molecular complexity index is 1340. The third-order valence-corrected chi connectivity index (χ3v) is 11.1. The van der Waals surface area contributed by atoms with E-state index in [2.05, 4.69) is 18.8 Å². The van der Waals surface area contributed by atoms with Crippen LogP contribution in [0.2, 0.25) is 0 Å². The topological polar surface area (TPSA) is 303 Å². The standard InChI is InChI=1S/C19H30N4O14P2S2/c1-19(21)15(29)8(34-16(19)6-4-41-14-9(6)22-5-23-17(14)20)3-33-39(32,40)37-38(30,31)36-18-12(28)10(26)11(27)13(35-18)7(25)2-24/h4-5,7-8,10-13,15-16,18,24-29H,2-3,21H2,1H3,(H,30,31)(H,32,40)(H2,20,22,23)/t7-,8+,10?,11?,12?,13?,15+,16-,18?,19+,39?/m0/s1. The van der Waals surface area contributed by atoms with Gasteiger partial charge in [0.1, 0.15) is 61.0 Å². The molecule has 2 saturated heterocycles. The van der Waals surface area contributed by atoms with E-state index in [0.29, 0.717) is 15.8 Å². The van der Waals surface area contributed by atoms with Crippen molar-refractivity contribution in [2.75, 3.05) is 18.9 Å². The Morgan fingerprint density at radius 1 is 1.20 bits per heavy atom. The van der Waals surface area contributed by atoms with Crippen LogP contribution in [0.1, 0.15) is 18.6 Å². The zero-order valence-electron chi connectivity index (χ0n) is 21.1. The van der Waals surface area contributed by atoms with Gasteiger partial charge >= 0.3 is 14.5 Å². The van der Waals surface area contributed by atoms with Crippen molar-refractivity contribution < 1.29 is 67.8 Å². The maximum Gasteiger partial charge on any atom is 0.481 e. The number of anilines is 1. The summed E-state index contributed by atoms with van der Waals surface area (Å²) in [5, 5.41) is 61.4. The van der Waals surface area contributed by atoms with Crippen LogP contribution in [0, 0.1) is 0 Å². The Labute approximate surface area is 240 Å². The number of nitrogens with two attached hydrogens (primary N) is 2. The number of rotatable bonds is 10. The van der Waals surface area contributed by atoms with Crippen LogP contribution < -0.4 is 11.5 Å². The van der Waals surface area contributed by atoms with Gasteiger partial charge in [-0.15, -0.1) is 11.3 Å². The molecule has 0 radical (unpaired) electrons. The molecular weight excluding hydrogens is 634 g/mol. The van der Waals surface area contributed by atoms with Crippen LogP contribution in [0.3, 0.4) is 0 Å². The molecule has 2 aliphatic rings. The van der Waals surface area contributed by atoms with E-state index < -0.39 is 88.4 Å². The molecule has 12 atom stereocenters. The number of nitrogen functional groups attached to an aromatic ring is 1. The summed E-state index contributed by atoms with van der Waals surface area (Å²) in [7, 11) is -5.42. The van der Waals surface area contributed by atoms with Crippen LogP contribution in [-0.4, -0.2) is 118 Å². The van der Waals surface area contributed by atoms with Crippen molar-refractivity contribution in [1.82, 2.24) is 9.97 Å². The number of thiophene rings is 1. The SMILES string of the molecule is C[C@@]1(N)[C@H](O)[C@@H](COP(O)(=S)OP(=O)(O)OC2OC([C@@H](O)CO)C(O)C(O)C2O)O[C@H]1c1csc2c(N)ncnc12. The molecule has 0 saturated carbocycles. The third-order valence-electron chi connectivity index (χ3n) is 6.57. The second-order valence-electron chi connectivity index (χ2n) is 9.60. The molecule has 2 fully saturated rings. The maximum atomic E-state index is 12.6. The Morgan fingerprint density at radius 2 is 1.88 bits per heavy atom. The minimum absolute atomic E-state index is 0.245. The minimum atomic E-state index is -5.42. The first-order chi connectivity index (χ1) is 19.0. The average molecular weight is 665 g/mol. The van der Waals surface area contributed by atoms with Crippen molar-refractivity contribution in [1.29, 1.82) is 0 Å². The van der Waals surface area contributed by atoms with E-state index in [0.717, 1.165) is 0 Å². The Morgan fingerprint density at radius 3 is 2.54 bits per heavy atom. The second kappa shape index (κ2) is 12.3. The molecule has 22 heteroatoms. The van der Waals surface area contributed by atoms with E-state index in [1.54, 1.807) is 5.38 Å². The molecule has 0 aromatic carbocycles. The van der Waals surface area contributed by atoms with Crippen molar-refractivity contribution in [3.63, 3.8) is 0 Å². The number of hydrogen-bond donors (Lipinski definition) is 10. The average Bonchev–Trinajstić information content (AvgIpc) is 3.41. The van der Waals surface area contributed by atoms with Crippen molar-refractivity contribution >= 4 is 53.7 Å². The van der Waals surface area contributed by atoms with Gasteiger partial charge in [-0.3, -0.25) is 4.52 Å². The van der Waals surface area contributed by atoms with Gasteiger partial charge in [0, 0.05) is 5.56 Å². The highest BCUT2D eigenvalue weighted by Gasteiger charge is 2.53. The molecule has 12 N–H and O–H groups in total. The number of phosphoric ester groups is 1. The molecular formula is C19H30N4O14P2S2. The fraction of sp³-hybridized carbons (Fsp3) is 0.684. The van der Waals surface area contributed by atoms with Gasteiger partial charge in [-0.25, -0.2) is 18.8 Å². The molecule has 4 heterocycles. The summed E-state index contributed by atoms with van der Waals surface area (Å²) in [5.74, 6) is 0.245. The lowest BCUT2D eigenvalue weighted by atomic mass is 9.87. The summed E-state index contributed by atoms with van der Waals surface area (Å²) >= 11 is 6.02. The van der Waals surface area contributed by atoms with E-state index in [1.165, 1.54) is 24.6 Å². The Hall–Kier alpha value is -0.840. The van der Waals surface area contributed by atoms with Crippen molar-refractivity contribution in [2.24, 2.45) is 5.73 Å².